The van der Waals surface area contributed by atoms with Gasteiger partial charge in [0.15, 0.2) is 0 Å². The van der Waals surface area contributed by atoms with Gasteiger partial charge >= 0.3 is 5.97 Å². The maximum absolute atomic E-state index is 12.0. The first-order chi connectivity index (χ1) is 10.7. The monoisotopic (exact) mass is 365 g/mol. The van der Waals surface area contributed by atoms with Gasteiger partial charge in [0.25, 0.3) is 0 Å². The van der Waals surface area contributed by atoms with Gasteiger partial charge in [0.05, 0.1) is 11.8 Å². The van der Waals surface area contributed by atoms with Crippen molar-refractivity contribution in [1.82, 2.24) is 0 Å². The molecule has 1 atom stereocenters. The molecule has 0 N–H and O–H groups in total. The van der Waals surface area contributed by atoms with Crippen molar-refractivity contribution in [2.45, 2.75) is 19.3 Å². The summed E-state index contributed by atoms with van der Waals surface area (Å²) in [6.07, 6.45) is 0.688. The molecule has 0 saturated carbocycles. The summed E-state index contributed by atoms with van der Waals surface area (Å²) in [5.41, 5.74) is 2.00. The van der Waals surface area contributed by atoms with Crippen molar-refractivity contribution in [3.8, 4) is 0 Å². The van der Waals surface area contributed by atoms with E-state index in [0.717, 1.165) is 24.3 Å². The summed E-state index contributed by atoms with van der Waals surface area (Å²) in [4.78, 5) is 14.2. The first-order valence-electron chi connectivity index (χ1n) is 7.37. The SMILES string of the molecule is CCC(C(=O)OCCCl)c1ccc(N(CCCl)CCCl)cc1. The molecular weight excluding hydrogens is 345 g/mol. The van der Waals surface area contributed by atoms with Crippen molar-refractivity contribution >= 4 is 46.5 Å². The maximum Gasteiger partial charge on any atom is 0.313 e. The molecule has 0 radical (unpaired) electrons. The molecule has 0 spiro atoms. The van der Waals surface area contributed by atoms with E-state index in [1.54, 1.807) is 0 Å². The second-order valence-electron chi connectivity index (χ2n) is 4.77. The molecule has 1 unspecified atom stereocenters. The number of carbonyl (C=O) groups is 1. The van der Waals surface area contributed by atoms with Crippen LogP contribution in [0.1, 0.15) is 24.8 Å². The fourth-order valence-electron chi connectivity index (χ4n) is 2.27. The van der Waals surface area contributed by atoms with E-state index in [9.17, 15) is 4.79 Å². The Morgan fingerprint density at radius 1 is 1.09 bits per heavy atom. The van der Waals surface area contributed by atoms with Gasteiger partial charge in [-0.2, -0.15) is 0 Å². The van der Waals surface area contributed by atoms with E-state index in [1.165, 1.54) is 0 Å². The molecule has 1 rings (SSSR count). The minimum atomic E-state index is -0.258. The lowest BCUT2D eigenvalue weighted by Crippen LogP contribution is -2.27. The van der Waals surface area contributed by atoms with Crippen LogP contribution in [-0.4, -0.2) is 43.3 Å². The Kier molecular flexibility index (Phi) is 9.69. The number of esters is 1. The van der Waals surface area contributed by atoms with Crippen molar-refractivity contribution in [3.05, 3.63) is 29.8 Å². The summed E-state index contributed by atoms with van der Waals surface area (Å²) in [7, 11) is 0. The van der Waals surface area contributed by atoms with Crippen molar-refractivity contribution < 1.29 is 9.53 Å². The largest absolute Gasteiger partial charge is 0.464 e. The van der Waals surface area contributed by atoms with Gasteiger partial charge in [0, 0.05) is 30.5 Å². The number of benzene rings is 1. The van der Waals surface area contributed by atoms with Crippen LogP contribution in [0, 0.1) is 0 Å². The molecule has 6 heteroatoms. The number of carbonyl (C=O) groups excluding carboxylic acids is 1. The molecule has 0 aliphatic carbocycles. The van der Waals surface area contributed by atoms with Gasteiger partial charge in [-0.25, -0.2) is 0 Å². The zero-order valence-corrected chi connectivity index (χ0v) is 15.0. The number of anilines is 1. The molecule has 1 aromatic carbocycles. The normalized spacial score (nSPS) is 12.0. The average molecular weight is 367 g/mol. The molecule has 0 amide bonds. The van der Waals surface area contributed by atoms with Gasteiger partial charge in [-0.3, -0.25) is 4.79 Å². The lowest BCUT2D eigenvalue weighted by molar-refractivity contribution is -0.144. The molecule has 0 fully saturated rings. The molecule has 22 heavy (non-hydrogen) atoms. The first kappa shape index (κ1) is 19.4. The molecule has 0 heterocycles. The van der Waals surface area contributed by atoms with Gasteiger partial charge in [-0.15, -0.1) is 34.8 Å². The molecule has 0 bridgehead atoms. The number of ether oxygens (including phenoxy) is 1. The molecule has 3 nitrogen and oxygen atoms in total. The van der Waals surface area contributed by atoms with Crippen LogP contribution in [0.15, 0.2) is 24.3 Å². The molecular formula is C16H22Cl3NO2. The van der Waals surface area contributed by atoms with Crippen molar-refractivity contribution in [2.75, 3.05) is 42.2 Å². The number of rotatable bonds is 10. The van der Waals surface area contributed by atoms with Gasteiger partial charge in [0.2, 0.25) is 0 Å². The Labute approximate surface area is 147 Å². The van der Waals surface area contributed by atoms with E-state index in [4.69, 9.17) is 39.5 Å². The van der Waals surface area contributed by atoms with E-state index in [1.807, 2.05) is 31.2 Å². The molecule has 124 valence electrons. The molecule has 0 aliphatic rings. The van der Waals surface area contributed by atoms with Gasteiger partial charge in [0.1, 0.15) is 6.61 Å². The highest BCUT2D eigenvalue weighted by Crippen LogP contribution is 2.24. The number of hydrogen-bond acceptors (Lipinski definition) is 3. The second kappa shape index (κ2) is 11.0. The van der Waals surface area contributed by atoms with Crippen molar-refractivity contribution in [2.24, 2.45) is 0 Å². The molecule has 0 aromatic heterocycles. The standard InChI is InChI=1S/C16H22Cl3NO2/c1-2-15(16(21)22-12-9-19)13-3-5-14(6-4-13)20(10-7-17)11-8-18/h3-6,15H,2,7-12H2,1H3. The predicted molar refractivity (Wildman–Crippen MR) is 94.8 cm³/mol. The fraction of sp³-hybridized carbons (Fsp3) is 0.562. The highest BCUT2D eigenvalue weighted by molar-refractivity contribution is 6.18. The zero-order valence-electron chi connectivity index (χ0n) is 12.7. The maximum atomic E-state index is 12.0. The minimum absolute atomic E-state index is 0.228. The van der Waals surface area contributed by atoms with E-state index in [0.29, 0.717) is 24.1 Å². The van der Waals surface area contributed by atoms with Crippen LogP contribution >= 0.6 is 34.8 Å². The Morgan fingerprint density at radius 2 is 1.68 bits per heavy atom. The van der Waals surface area contributed by atoms with Crippen LogP contribution in [0.2, 0.25) is 0 Å². The first-order valence-corrected chi connectivity index (χ1v) is 8.97. The highest BCUT2D eigenvalue weighted by atomic mass is 35.5. The number of alkyl halides is 3. The third-order valence-corrected chi connectivity index (χ3v) is 3.88. The van der Waals surface area contributed by atoms with Crippen LogP contribution in [0.4, 0.5) is 5.69 Å². The van der Waals surface area contributed by atoms with Crippen LogP contribution in [0.25, 0.3) is 0 Å². The van der Waals surface area contributed by atoms with Crippen LogP contribution in [-0.2, 0) is 9.53 Å². The average Bonchev–Trinajstić information content (AvgIpc) is 2.54. The van der Waals surface area contributed by atoms with Gasteiger partial charge in [-0.1, -0.05) is 19.1 Å². The van der Waals surface area contributed by atoms with Crippen LogP contribution in [0.3, 0.4) is 0 Å². The Balaban J connectivity index is 2.82. The van der Waals surface area contributed by atoms with E-state index >= 15 is 0 Å². The third-order valence-electron chi connectivity index (χ3n) is 3.38. The minimum Gasteiger partial charge on any atom is -0.464 e. The van der Waals surface area contributed by atoms with Crippen LogP contribution in [0.5, 0.6) is 0 Å². The zero-order chi connectivity index (χ0) is 16.4. The smallest absolute Gasteiger partial charge is 0.313 e. The Hall–Kier alpha value is -0.640. The van der Waals surface area contributed by atoms with E-state index in [2.05, 4.69) is 4.90 Å². The molecule has 0 aliphatic heterocycles. The lowest BCUT2D eigenvalue weighted by Gasteiger charge is -2.23. The van der Waals surface area contributed by atoms with E-state index < -0.39 is 0 Å². The number of nitrogens with zero attached hydrogens (tertiary/aromatic N) is 1. The molecule has 1 aromatic rings. The van der Waals surface area contributed by atoms with Crippen LogP contribution < -0.4 is 4.90 Å². The summed E-state index contributed by atoms with van der Waals surface area (Å²) in [5.74, 6) is 0.913. The Bertz CT molecular complexity index is 434. The van der Waals surface area contributed by atoms with Crippen molar-refractivity contribution in [1.29, 1.82) is 0 Å². The highest BCUT2D eigenvalue weighted by Gasteiger charge is 2.20. The second-order valence-corrected chi connectivity index (χ2v) is 5.91. The van der Waals surface area contributed by atoms with Gasteiger partial charge < -0.3 is 9.64 Å². The summed E-state index contributed by atoms with van der Waals surface area (Å²) in [6, 6.07) is 7.90. The topological polar surface area (TPSA) is 29.5 Å². The summed E-state index contributed by atoms with van der Waals surface area (Å²) in [5, 5.41) is 0. The summed E-state index contributed by atoms with van der Waals surface area (Å²) >= 11 is 17.2. The van der Waals surface area contributed by atoms with E-state index in [-0.39, 0.29) is 18.5 Å². The Morgan fingerprint density at radius 3 is 2.14 bits per heavy atom. The number of halogens is 3. The number of hydrogen-bond donors (Lipinski definition) is 0. The predicted octanol–water partition coefficient (Wildman–Crippen LogP) is 4.25. The molecule has 0 saturated heterocycles. The van der Waals surface area contributed by atoms with Gasteiger partial charge in [-0.05, 0) is 24.1 Å². The fourth-order valence-corrected chi connectivity index (χ4v) is 2.75. The third kappa shape index (κ3) is 5.86. The lowest BCUT2D eigenvalue weighted by atomic mass is 9.96. The quantitative estimate of drug-likeness (QED) is 0.458. The summed E-state index contributed by atoms with van der Waals surface area (Å²) in [6.45, 7) is 3.69. The van der Waals surface area contributed by atoms with Crippen molar-refractivity contribution in [3.63, 3.8) is 0 Å². The summed E-state index contributed by atoms with van der Waals surface area (Å²) < 4.78 is 5.14.